The summed E-state index contributed by atoms with van der Waals surface area (Å²) in [6.45, 7) is 0. The quantitative estimate of drug-likeness (QED) is 0.357. The Morgan fingerprint density at radius 1 is 1.10 bits per heavy atom. The minimum atomic E-state index is -5.17. The van der Waals surface area contributed by atoms with Crippen molar-refractivity contribution in [2.24, 2.45) is 5.73 Å². The van der Waals surface area contributed by atoms with Gasteiger partial charge in [-0.25, -0.2) is 4.79 Å². The predicted octanol–water partition coefficient (Wildman–Crippen LogP) is -0.0886. The molecule has 0 radical (unpaired) electrons. The summed E-state index contributed by atoms with van der Waals surface area (Å²) >= 11 is 0. The Morgan fingerprint density at radius 2 is 1.60 bits per heavy atom. The first kappa shape index (κ1) is 18.9. The van der Waals surface area contributed by atoms with E-state index in [1.807, 2.05) is 0 Å². The van der Waals surface area contributed by atoms with Crippen LogP contribution in [0.4, 0.5) is 13.2 Å². The number of carboxylic acids is 2. The van der Waals surface area contributed by atoms with E-state index in [0.717, 1.165) is 21.6 Å². The Labute approximate surface area is 118 Å². The molecule has 0 bridgehead atoms. The van der Waals surface area contributed by atoms with Gasteiger partial charge in [-0.05, 0) is 0 Å². The average Bonchev–Trinajstić information content (AvgIpc) is 2.30. The Kier molecular flexibility index (Phi) is 7.75. The molecule has 0 saturated carbocycles. The molecule has 0 unspecified atom stereocenters. The fourth-order valence-corrected chi connectivity index (χ4v) is 2.99. The zero-order valence-corrected chi connectivity index (χ0v) is 11.3. The standard InChI is InChI=1S/C8H11F3N2O5S2/c9-8(10,11)7(18)13-4(6(16)17)2-20-19-1-3(12)5(14)15/h3-4H,1-2,12H2,(H,13,18)(H,14,15)(H,16,17)/t3-,4-/m0/s1. The molecule has 12 heteroatoms. The average molecular weight is 336 g/mol. The summed E-state index contributed by atoms with van der Waals surface area (Å²) in [6, 6.07) is -2.90. The van der Waals surface area contributed by atoms with Crippen LogP contribution >= 0.6 is 21.6 Å². The topological polar surface area (TPSA) is 130 Å². The van der Waals surface area contributed by atoms with Crippen LogP contribution in [0.15, 0.2) is 0 Å². The lowest BCUT2D eigenvalue weighted by atomic mass is 10.3. The minimum Gasteiger partial charge on any atom is -0.480 e. The van der Waals surface area contributed by atoms with Crippen molar-refractivity contribution in [3.63, 3.8) is 0 Å². The van der Waals surface area contributed by atoms with Crippen molar-refractivity contribution in [1.82, 2.24) is 5.32 Å². The third kappa shape index (κ3) is 7.45. The Hall–Kier alpha value is -1.14. The second-order valence-corrected chi connectivity index (χ2v) is 5.93. The van der Waals surface area contributed by atoms with Gasteiger partial charge in [-0.3, -0.25) is 9.59 Å². The van der Waals surface area contributed by atoms with Gasteiger partial charge in [0.25, 0.3) is 0 Å². The third-order valence-corrected chi connectivity index (χ3v) is 4.19. The second-order valence-electron chi connectivity index (χ2n) is 3.38. The molecule has 0 aliphatic rings. The van der Waals surface area contributed by atoms with E-state index in [1.54, 1.807) is 0 Å². The number of amides is 1. The van der Waals surface area contributed by atoms with Crippen LogP contribution in [0.2, 0.25) is 0 Å². The number of halogens is 3. The summed E-state index contributed by atoms with van der Waals surface area (Å²) in [5, 5.41) is 18.4. The smallest absolute Gasteiger partial charge is 0.471 e. The maximum atomic E-state index is 12.0. The van der Waals surface area contributed by atoms with E-state index in [4.69, 9.17) is 15.9 Å². The number of hydrogen-bond acceptors (Lipinski definition) is 6. The van der Waals surface area contributed by atoms with E-state index in [9.17, 15) is 27.6 Å². The summed E-state index contributed by atoms with van der Waals surface area (Å²) in [5.74, 6) is -5.65. The van der Waals surface area contributed by atoms with Crippen molar-refractivity contribution in [3.05, 3.63) is 0 Å². The summed E-state index contributed by atoms with van der Waals surface area (Å²) in [7, 11) is 1.68. The van der Waals surface area contributed by atoms with Crippen molar-refractivity contribution in [2.45, 2.75) is 18.3 Å². The highest BCUT2D eigenvalue weighted by atomic mass is 33.1. The molecule has 7 nitrogen and oxygen atoms in total. The molecular weight excluding hydrogens is 325 g/mol. The maximum absolute atomic E-state index is 12.0. The molecule has 0 aromatic rings. The van der Waals surface area contributed by atoms with E-state index in [1.165, 1.54) is 5.32 Å². The molecule has 1 amide bonds. The molecule has 0 aromatic carbocycles. The fourth-order valence-electron chi connectivity index (χ4n) is 0.724. The number of alkyl halides is 3. The highest BCUT2D eigenvalue weighted by Gasteiger charge is 2.40. The van der Waals surface area contributed by atoms with E-state index in [-0.39, 0.29) is 11.5 Å². The number of carbonyl (C=O) groups excluding carboxylic acids is 1. The summed E-state index contributed by atoms with van der Waals surface area (Å²) in [5.41, 5.74) is 5.16. The summed E-state index contributed by atoms with van der Waals surface area (Å²) < 4.78 is 35.9. The van der Waals surface area contributed by atoms with Gasteiger partial charge in [0.15, 0.2) is 0 Å². The van der Waals surface area contributed by atoms with Gasteiger partial charge in [-0.2, -0.15) is 13.2 Å². The van der Waals surface area contributed by atoms with Gasteiger partial charge in [-0.15, -0.1) is 0 Å². The third-order valence-electron chi connectivity index (χ3n) is 1.74. The summed E-state index contributed by atoms with van der Waals surface area (Å²) in [4.78, 5) is 31.6. The monoisotopic (exact) mass is 336 g/mol. The highest BCUT2D eigenvalue weighted by Crippen LogP contribution is 2.23. The normalized spacial score (nSPS) is 14.4. The van der Waals surface area contributed by atoms with Crippen molar-refractivity contribution in [1.29, 1.82) is 0 Å². The predicted molar refractivity (Wildman–Crippen MR) is 66.1 cm³/mol. The number of hydrogen-bond donors (Lipinski definition) is 4. The van der Waals surface area contributed by atoms with Crippen LogP contribution in [0.3, 0.4) is 0 Å². The molecule has 0 aliphatic heterocycles. The van der Waals surface area contributed by atoms with Crippen molar-refractivity contribution >= 4 is 39.4 Å². The van der Waals surface area contributed by atoms with Gasteiger partial charge >= 0.3 is 24.0 Å². The van der Waals surface area contributed by atoms with Crippen LogP contribution in [0, 0.1) is 0 Å². The number of nitrogens with one attached hydrogen (secondary N) is 1. The molecule has 0 saturated heterocycles. The lowest BCUT2D eigenvalue weighted by Gasteiger charge is -2.15. The number of carboxylic acid groups (broad SMARTS) is 2. The van der Waals surface area contributed by atoms with Crippen LogP contribution < -0.4 is 11.1 Å². The minimum absolute atomic E-state index is 0.0560. The Balaban J connectivity index is 4.21. The van der Waals surface area contributed by atoms with Gasteiger partial charge in [0.05, 0.1) is 0 Å². The van der Waals surface area contributed by atoms with Crippen LogP contribution in [0.1, 0.15) is 0 Å². The lowest BCUT2D eigenvalue weighted by Crippen LogP contribution is -2.48. The van der Waals surface area contributed by atoms with Crippen LogP contribution in [-0.4, -0.2) is 57.8 Å². The van der Waals surface area contributed by atoms with Crippen LogP contribution in [0.5, 0.6) is 0 Å². The molecule has 0 aromatic heterocycles. The molecule has 5 N–H and O–H groups in total. The molecule has 0 rings (SSSR count). The first-order chi connectivity index (χ1) is 9.05. The Bertz CT molecular complexity index is 380. The fraction of sp³-hybridized carbons (Fsp3) is 0.625. The largest absolute Gasteiger partial charge is 0.480 e. The lowest BCUT2D eigenvalue weighted by molar-refractivity contribution is -0.175. The number of carbonyl (C=O) groups is 3. The van der Waals surface area contributed by atoms with Crippen molar-refractivity contribution in [2.75, 3.05) is 11.5 Å². The van der Waals surface area contributed by atoms with Gasteiger partial charge in [0, 0.05) is 11.5 Å². The van der Waals surface area contributed by atoms with Crippen molar-refractivity contribution in [3.8, 4) is 0 Å². The molecule has 0 aliphatic carbocycles. The molecule has 0 spiro atoms. The van der Waals surface area contributed by atoms with Gasteiger partial charge in [-0.1, -0.05) is 21.6 Å². The van der Waals surface area contributed by atoms with E-state index in [0.29, 0.717) is 0 Å². The zero-order valence-electron chi connectivity index (χ0n) is 9.72. The zero-order chi connectivity index (χ0) is 15.9. The van der Waals surface area contributed by atoms with E-state index < -0.39 is 36.1 Å². The highest BCUT2D eigenvalue weighted by molar-refractivity contribution is 8.76. The van der Waals surface area contributed by atoms with Crippen molar-refractivity contribution < 1.29 is 37.8 Å². The number of rotatable bonds is 8. The van der Waals surface area contributed by atoms with Crippen LogP contribution in [-0.2, 0) is 14.4 Å². The van der Waals surface area contributed by atoms with Gasteiger partial charge < -0.3 is 21.3 Å². The van der Waals surface area contributed by atoms with Gasteiger partial charge in [0.1, 0.15) is 12.1 Å². The molecular formula is C8H11F3N2O5S2. The SMILES string of the molecule is N[C@@H](CSSC[C@H](NC(=O)C(F)(F)F)C(=O)O)C(=O)O. The van der Waals surface area contributed by atoms with E-state index in [2.05, 4.69) is 0 Å². The summed E-state index contributed by atoms with van der Waals surface area (Å²) in [6.07, 6.45) is -5.17. The number of nitrogens with two attached hydrogens (primary N) is 1. The molecule has 0 heterocycles. The Morgan fingerprint density at radius 3 is 2.00 bits per heavy atom. The maximum Gasteiger partial charge on any atom is 0.471 e. The van der Waals surface area contributed by atoms with E-state index >= 15 is 0 Å². The first-order valence-electron chi connectivity index (χ1n) is 4.89. The first-order valence-corrected chi connectivity index (χ1v) is 7.37. The van der Waals surface area contributed by atoms with Crippen LogP contribution in [0.25, 0.3) is 0 Å². The molecule has 116 valence electrons. The number of aliphatic carboxylic acids is 2. The molecule has 0 fully saturated rings. The molecule has 20 heavy (non-hydrogen) atoms. The second kappa shape index (κ2) is 8.21. The molecule has 2 atom stereocenters. The van der Waals surface area contributed by atoms with Gasteiger partial charge in [0.2, 0.25) is 0 Å².